The Hall–Kier alpha value is 0.234. The summed E-state index contributed by atoms with van der Waals surface area (Å²) in [5.74, 6) is -0.349. The molecule has 0 amide bonds. The summed E-state index contributed by atoms with van der Waals surface area (Å²) in [6.07, 6.45) is 0. The van der Waals surface area contributed by atoms with Crippen LogP contribution in [0.15, 0.2) is 0 Å². The molecule has 29 heavy (non-hydrogen) atoms. The summed E-state index contributed by atoms with van der Waals surface area (Å²) in [6, 6.07) is 0. The lowest BCUT2D eigenvalue weighted by Crippen LogP contribution is -2.58. The smallest absolute Gasteiger partial charge is 0.369 e. The molecular weight excluding hydrogens is 400 g/mol. The second-order valence-corrected chi connectivity index (χ2v) is 16.8. The van der Waals surface area contributed by atoms with Crippen LogP contribution >= 0.6 is 0 Å². The van der Waals surface area contributed by atoms with Crippen molar-refractivity contribution in [3.05, 3.63) is 0 Å². The zero-order valence-electron chi connectivity index (χ0n) is 21.8. The molecule has 0 aliphatic rings. The molecule has 0 unspecified atom stereocenters. The van der Waals surface area contributed by atoms with Gasteiger partial charge >= 0.3 is 8.80 Å². The Kier molecular flexibility index (Phi) is 9.88. The van der Waals surface area contributed by atoms with Crippen molar-refractivity contribution < 1.29 is 22.8 Å². The van der Waals surface area contributed by atoms with E-state index in [1.807, 2.05) is 104 Å². The summed E-state index contributed by atoms with van der Waals surface area (Å²) in [6.45, 7) is 30.7. The lowest BCUT2D eigenvalue weighted by Gasteiger charge is -2.43. The maximum atomic E-state index is 6.58. The third kappa shape index (κ3) is 16.6. The molecule has 0 spiro atoms. The quantitative estimate of drug-likeness (QED) is 0.339. The van der Waals surface area contributed by atoms with Crippen molar-refractivity contribution in [2.24, 2.45) is 0 Å². The first-order chi connectivity index (χ1) is 12.4. The highest BCUT2D eigenvalue weighted by atomic mass is 28.4. The van der Waals surface area contributed by atoms with E-state index in [1.54, 1.807) is 0 Å². The van der Waals surface area contributed by atoms with Crippen LogP contribution in [0.4, 0.5) is 0 Å². The molecule has 0 atom stereocenters. The molecule has 174 valence electrons. The van der Waals surface area contributed by atoms with E-state index in [0.717, 1.165) is 0 Å². The molecule has 0 N–H and O–H groups in total. The van der Waals surface area contributed by atoms with Gasteiger partial charge in [0.15, 0.2) is 0 Å². The maximum absolute atomic E-state index is 6.58. The van der Waals surface area contributed by atoms with Crippen LogP contribution in [0.25, 0.3) is 0 Å². The summed E-state index contributed by atoms with van der Waals surface area (Å²) in [5.41, 5.74) is -1.16. The first-order valence-electron chi connectivity index (χ1n) is 10.6. The number of rotatable bonds is 8. The minimum absolute atomic E-state index is 0.312. The Bertz CT molecular complexity index is 431. The molecule has 0 bridgehead atoms. The van der Waals surface area contributed by atoms with Crippen LogP contribution in [0.2, 0.25) is 5.67 Å². The average molecular weight is 449 g/mol. The zero-order chi connectivity index (χ0) is 23.5. The van der Waals surface area contributed by atoms with Gasteiger partial charge in [-0.15, -0.1) is 0 Å². The predicted octanol–water partition coefficient (Wildman–Crippen LogP) is 5.95. The Morgan fingerprint density at radius 1 is 0.517 bits per heavy atom. The Balaban J connectivity index is 5.88. The highest BCUT2D eigenvalue weighted by molar-refractivity contribution is 6.71. The van der Waals surface area contributed by atoms with Crippen molar-refractivity contribution in [3.8, 4) is 0 Å². The van der Waals surface area contributed by atoms with E-state index in [9.17, 15) is 0 Å². The number of ether oxygens (including phenoxy) is 2. The highest BCUT2D eigenvalue weighted by Gasteiger charge is 2.50. The molecule has 0 aromatic carbocycles. The molecule has 0 aromatic rings. The van der Waals surface area contributed by atoms with Crippen molar-refractivity contribution in [2.75, 3.05) is 0 Å². The molecule has 0 aliphatic carbocycles. The van der Waals surface area contributed by atoms with E-state index in [2.05, 4.69) is 0 Å². The molecule has 0 saturated carbocycles. The topological polar surface area (TPSA) is 46.2 Å². The molecule has 2 radical (unpaired) electrons. The van der Waals surface area contributed by atoms with Gasteiger partial charge in [0.25, 0.3) is 0 Å². The number of hydrogen-bond donors (Lipinski definition) is 0. The van der Waals surface area contributed by atoms with E-state index in [1.165, 1.54) is 0 Å². The first-order valence-corrected chi connectivity index (χ1v) is 13.8. The van der Waals surface area contributed by atoms with E-state index in [-0.39, 0.29) is 17.1 Å². The van der Waals surface area contributed by atoms with Gasteiger partial charge in [0.1, 0.15) is 15.4 Å². The summed E-state index contributed by atoms with van der Waals surface area (Å²) < 4.78 is 32.2. The Morgan fingerprint density at radius 2 is 0.793 bits per heavy atom. The normalized spacial score (nSPS) is 15.3. The molecule has 0 saturated heterocycles. The van der Waals surface area contributed by atoms with Crippen molar-refractivity contribution in [2.45, 2.75) is 143 Å². The molecule has 0 heterocycles. The van der Waals surface area contributed by atoms with Crippen molar-refractivity contribution >= 4 is 18.3 Å². The lowest BCUT2D eigenvalue weighted by molar-refractivity contribution is -0.193. The molecule has 0 aliphatic heterocycles. The van der Waals surface area contributed by atoms with Crippen LogP contribution in [0.3, 0.4) is 0 Å². The molecule has 0 rings (SSSR count). The van der Waals surface area contributed by atoms with E-state index >= 15 is 0 Å². The van der Waals surface area contributed by atoms with Crippen LogP contribution in [-0.2, 0) is 22.8 Å². The largest absolute Gasteiger partial charge is 0.499 e. The van der Waals surface area contributed by atoms with Gasteiger partial charge in [-0.25, -0.2) is 0 Å². The average Bonchev–Trinajstić information content (AvgIpc) is 2.24. The molecule has 0 fully saturated rings. The summed E-state index contributed by atoms with van der Waals surface area (Å²) >= 11 is 0. The Labute approximate surface area is 184 Å². The van der Waals surface area contributed by atoms with Crippen molar-refractivity contribution in [3.63, 3.8) is 0 Å². The minimum Gasteiger partial charge on any atom is -0.369 e. The Morgan fingerprint density at radius 3 is 1.00 bits per heavy atom. The van der Waals surface area contributed by atoms with Gasteiger partial charge < -0.3 is 22.8 Å². The van der Waals surface area contributed by atoms with Gasteiger partial charge in [-0.1, -0.05) is 0 Å². The fourth-order valence-electron chi connectivity index (χ4n) is 2.53. The third-order valence-electron chi connectivity index (χ3n) is 2.79. The zero-order valence-corrected chi connectivity index (χ0v) is 23.8. The summed E-state index contributed by atoms with van der Waals surface area (Å²) in [7, 11) is -2.74. The van der Waals surface area contributed by atoms with Gasteiger partial charge in [-0.05, 0) is 104 Å². The van der Waals surface area contributed by atoms with Gasteiger partial charge in [-0.3, -0.25) is 0 Å². The van der Waals surface area contributed by atoms with Gasteiger partial charge in [0.2, 0.25) is 0 Å². The van der Waals surface area contributed by atoms with Crippen LogP contribution in [-0.4, -0.2) is 52.2 Å². The fourth-order valence-corrected chi connectivity index (χ4v) is 8.86. The first kappa shape index (κ1) is 29.2. The van der Waals surface area contributed by atoms with E-state index < -0.39 is 25.6 Å². The van der Waals surface area contributed by atoms with Crippen molar-refractivity contribution in [1.29, 1.82) is 0 Å². The third-order valence-corrected chi connectivity index (χ3v) is 8.68. The van der Waals surface area contributed by atoms with Gasteiger partial charge in [0.05, 0.1) is 28.0 Å². The van der Waals surface area contributed by atoms with Gasteiger partial charge in [-0.2, -0.15) is 0 Å². The van der Waals surface area contributed by atoms with E-state index in [4.69, 9.17) is 22.8 Å². The van der Waals surface area contributed by atoms with Crippen LogP contribution in [0.5, 0.6) is 0 Å². The van der Waals surface area contributed by atoms with Crippen molar-refractivity contribution in [1.82, 2.24) is 0 Å². The molecule has 7 heteroatoms. The van der Waals surface area contributed by atoms with E-state index in [0.29, 0.717) is 15.2 Å². The lowest BCUT2D eigenvalue weighted by atomic mass is 10.2. The predicted molar refractivity (Wildman–Crippen MR) is 124 cm³/mol. The SMILES string of the molecule is CC(C)(C)OC(OC(C)(C)C)[Si]C[Si](OC(C)(C)C)(OC(C)(C)C)OC(C)(C)C. The second-order valence-electron chi connectivity index (χ2n) is 12.5. The summed E-state index contributed by atoms with van der Waals surface area (Å²) in [5, 5.41) is 0. The number of hydrogen-bond acceptors (Lipinski definition) is 5. The summed E-state index contributed by atoms with van der Waals surface area (Å²) in [4.78, 5) is 0. The maximum Gasteiger partial charge on any atom is 0.499 e. The standard InChI is InChI=1S/C22H48O5Si2/c1-18(2,3)23-17(24-19(4,5)6)28-16-29(25-20(7,8)9,26-21(10,11)12)27-22(13,14)15/h17H,16H2,1-15H3. The molecule has 0 aromatic heterocycles. The van der Waals surface area contributed by atoms with Crippen LogP contribution < -0.4 is 0 Å². The fraction of sp³-hybridized carbons (Fsp3) is 1.00. The molecule has 5 nitrogen and oxygen atoms in total. The van der Waals surface area contributed by atoms with Crippen LogP contribution in [0.1, 0.15) is 104 Å². The van der Waals surface area contributed by atoms with Gasteiger partial charge in [0, 0.05) is 5.67 Å². The second kappa shape index (κ2) is 9.80. The molecular formula is C22H48O5Si2. The highest BCUT2D eigenvalue weighted by Crippen LogP contribution is 2.32. The van der Waals surface area contributed by atoms with Crippen LogP contribution in [0, 0.1) is 0 Å². The minimum atomic E-state index is -3.06. The monoisotopic (exact) mass is 448 g/mol.